The van der Waals surface area contributed by atoms with Crippen LogP contribution in [0.25, 0.3) is 5.69 Å². The molecule has 1 saturated heterocycles. The zero-order valence-electron chi connectivity index (χ0n) is 29.7. The minimum atomic E-state index is -1.06. The van der Waals surface area contributed by atoms with Crippen LogP contribution in [0.15, 0.2) is 54.6 Å². The molecule has 270 valence electrons. The maximum atomic E-state index is 13.5. The smallest absolute Gasteiger partial charge is 0.278 e. The minimum absolute atomic E-state index is 0.0369. The number of anilines is 2. The van der Waals surface area contributed by atoms with E-state index in [4.69, 9.17) is 14.2 Å². The number of amides is 5. The molecule has 2 aliphatic rings. The van der Waals surface area contributed by atoms with Gasteiger partial charge in [0, 0.05) is 36.5 Å². The second kappa shape index (κ2) is 14.2. The van der Waals surface area contributed by atoms with E-state index in [0.29, 0.717) is 40.0 Å². The molecule has 15 nitrogen and oxygen atoms in total. The number of rotatable bonds is 11. The summed E-state index contributed by atoms with van der Waals surface area (Å²) in [6, 6.07) is 14.5. The van der Waals surface area contributed by atoms with Gasteiger partial charge in [0.15, 0.2) is 5.69 Å². The number of piperidine rings is 1. The maximum absolute atomic E-state index is 13.5. The highest BCUT2D eigenvalue weighted by atomic mass is 16.5. The summed E-state index contributed by atoms with van der Waals surface area (Å²) < 4.78 is 18.5. The van der Waals surface area contributed by atoms with Gasteiger partial charge in [0.2, 0.25) is 11.8 Å². The molecule has 6 rings (SSSR count). The Kier molecular flexibility index (Phi) is 9.69. The van der Waals surface area contributed by atoms with Crippen LogP contribution in [0, 0.1) is 6.92 Å². The zero-order chi connectivity index (χ0) is 37.3. The number of benzene rings is 3. The van der Waals surface area contributed by atoms with Gasteiger partial charge in [0.25, 0.3) is 17.7 Å². The fraction of sp³-hybridized carbons (Fsp3) is 0.324. The van der Waals surface area contributed by atoms with Gasteiger partial charge < -0.3 is 24.8 Å². The van der Waals surface area contributed by atoms with Crippen LogP contribution in [0.2, 0.25) is 0 Å². The van der Waals surface area contributed by atoms with E-state index in [1.165, 1.54) is 10.7 Å². The Morgan fingerprint density at radius 2 is 1.77 bits per heavy atom. The highest BCUT2D eigenvalue weighted by Crippen LogP contribution is 2.34. The van der Waals surface area contributed by atoms with E-state index in [1.807, 2.05) is 32.9 Å². The van der Waals surface area contributed by atoms with Gasteiger partial charge in [0.05, 0.1) is 31.0 Å². The number of carbonyl (C=O) groups excluding carboxylic acids is 5. The second-order valence-electron chi connectivity index (χ2n) is 13.4. The summed E-state index contributed by atoms with van der Waals surface area (Å²) >= 11 is 0. The topological polar surface area (TPSA) is 183 Å². The Labute approximate surface area is 299 Å². The number of nitrogens with zero attached hydrogens (tertiary/aromatic N) is 4. The van der Waals surface area contributed by atoms with E-state index in [1.54, 1.807) is 57.5 Å². The molecule has 1 fully saturated rings. The third-order valence-corrected chi connectivity index (χ3v) is 8.91. The molecule has 0 bridgehead atoms. The summed E-state index contributed by atoms with van der Waals surface area (Å²) in [6.07, 6.45) is 0.107. The Balaban J connectivity index is 1.15. The van der Waals surface area contributed by atoms with E-state index < -0.39 is 35.6 Å². The molecule has 3 N–H and O–H groups in total. The van der Waals surface area contributed by atoms with Crippen molar-refractivity contribution < 1.29 is 38.2 Å². The van der Waals surface area contributed by atoms with Crippen LogP contribution >= 0.6 is 0 Å². The van der Waals surface area contributed by atoms with E-state index in [9.17, 15) is 24.0 Å². The number of carbonyl (C=O) groups is 5. The maximum Gasteiger partial charge on any atom is 0.278 e. The van der Waals surface area contributed by atoms with E-state index in [-0.39, 0.29) is 48.2 Å². The van der Waals surface area contributed by atoms with Crippen molar-refractivity contribution in [3.8, 4) is 22.9 Å². The lowest BCUT2D eigenvalue weighted by atomic mass is 9.86. The quantitative estimate of drug-likeness (QED) is 0.151. The van der Waals surface area contributed by atoms with Crippen molar-refractivity contribution in [2.75, 3.05) is 38.0 Å². The summed E-state index contributed by atoms with van der Waals surface area (Å²) in [6.45, 7) is 8.29. The van der Waals surface area contributed by atoms with Crippen LogP contribution in [-0.2, 0) is 15.0 Å². The van der Waals surface area contributed by atoms with Crippen LogP contribution < -0.4 is 30.2 Å². The molecule has 1 unspecified atom stereocenters. The van der Waals surface area contributed by atoms with Gasteiger partial charge in [-0.25, -0.2) is 4.68 Å². The number of nitrogens with one attached hydrogen (secondary N) is 3. The molecule has 52 heavy (non-hydrogen) atoms. The van der Waals surface area contributed by atoms with Crippen molar-refractivity contribution >= 4 is 40.9 Å². The summed E-state index contributed by atoms with van der Waals surface area (Å²) in [5.74, 6) is -1.14. The largest absolute Gasteiger partial charge is 0.497 e. The van der Waals surface area contributed by atoms with Gasteiger partial charge in [-0.2, -0.15) is 0 Å². The summed E-state index contributed by atoms with van der Waals surface area (Å²) in [5.41, 5.74) is 3.05. The molecule has 1 aromatic heterocycles. The average molecular weight is 710 g/mol. The molecule has 4 aromatic rings. The molecule has 3 aromatic carbocycles. The lowest BCUT2D eigenvalue weighted by Gasteiger charge is -2.27. The minimum Gasteiger partial charge on any atom is -0.497 e. The third kappa shape index (κ3) is 6.89. The van der Waals surface area contributed by atoms with Gasteiger partial charge >= 0.3 is 0 Å². The molecule has 3 heterocycles. The molecular formula is C37H39N7O8. The van der Waals surface area contributed by atoms with Crippen molar-refractivity contribution in [3.05, 3.63) is 82.7 Å². The summed E-state index contributed by atoms with van der Waals surface area (Å²) in [4.78, 5) is 65.2. The molecule has 0 radical (unpaired) electrons. The first-order valence-electron chi connectivity index (χ1n) is 16.6. The first-order valence-corrected chi connectivity index (χ1v) is 16.6. The van der Waals surface area contributed by atoms with Crippen LogP contribution in [0.1, 0.15) is 76.1 Å². The zero-order valence-corrected chi connectivity index (χ0v) is 29.7. The van der Waals surface area contributed by atoms with Gasteiger partial charge in [0.1, 0.15) is 35.6 Å². The van der Waals surface area contributed by atoms with Crippen LogP contribution in [0.4, 0.5) is 11.4 Å². The van der Waals surface area contributed by atoms with Crippen molar-refractivity contribution in [2.45, 2.75) is 52.0 Å². The summed E-state index contributed by atoms with van der Waals surface area (Å²) in [5, 5.41) is 16.7. The van der Waals surface area contributed by atoms with Crippen LogP contribution in [0.5, 0.6) is 17.2 Å². The fourth-order valence-electron chi connectivity index (χ4n) is 6.12. The number of imide groups is 2. The Hall–Kier alpha value is -6.25. The summed E-state index contributed by atoms with van der Waals surface area (Å²) in [7, 11) is 3.09. The molecule has 5 amide bonds. The van der Waals surface area contributed by atoms with E-state index >= 15 is 0 Å². The molecule has 2 aliphatic heterocycles. The lowest BCUT2D eigenvalue weighted by Crippen LogP contribution is -2.54. The number of fused-ring (bicyclic) bond motifs is 1. The Morgan fingerprint density at radius 1 is 0.981 bits per heavy atom. The Morgan fingerprint density at radius 3 is 2.48 bits per heavy atom. The van der Waals surface area contributed by atoms with Crippen molar-refractivity contribution in [1.82, 2.24) is 25.2 Å². The third-order valence-electron chi connectivity index (χ3n) is 8.91. The number of hydrogen-bond donors (Lipinski definition) is 3. The highest BCUT2D eigenvalue weighted by Gasteiger charge is 2.45. The van der Waals surface area contributed by atoms with Gasteiger partial charge in [-0.15, -0.1) is 5.10 Å². The lowest BCUT2D eigenvalue weighted by molar-refractivity contribution is -0.136. The molecule has 0 aliphatic carbocycles. The highest BCUT2D eigenvalue weighted by molar-refractivity contribution is 6.25. The normalized spacial score (nSPS) is 15.7. The van der Waals surface area contributed by atoms with Crippen molar-refractivity contribution in [2.24, 2.45) is 0 Å². The first kappa shape index (κ1) is 35.6. The Bertz CT molecular complexity index is 2100. The molecule has 1 atom stereocenters. The van der Waals surface area contributed by atoms with Gasteiger partial charge in [-0.05, 0) is 60.7 Å². The van der Waals surface area contributed by atoms with Gasteiger partial charge in [-0.1, -0.05) is 32.1 Å². The number of aromatic nitrogens is 3. The number of hydrogen-bond acceptors (Lipinski definition) is 11. The first-order chi connectivity index (χ1) is 24.8. The van der Waals surface area contributed by atoms with E-state index in [2.05, 4.69) is 26.3 Å². The SMILES string of the molecule is COc1ccc(OC)c(-n2nnc(C(=O)Nc3cc(OCCNc4cccc5c4C(=O)N(C4CCC(=O)NC4=O)C5=O)cc(C(C)(C)C)c3)c2C)c1. The molecular weight excluding hydrogens is 670 g/mol. The van der Waals surface area contributed by atoms with Crippen molar-refractivity contribution in [3.63, 3.8) is 0 Å². The number of methoxy groups -OCH3 is 2. The van der Waals surface area contributed by atoms with E-state index in [0.717, 1.165) is 10.5 Å². The second-order valence-corrected chi connectivity index (χ2v) is 13.4. The predicted molar refractivity (Wildman–Crippen MR) is 189 cm³/mol. The predicted octanol–water partition coefficient (Wildman–Crippen LogP) is 4.03. The van der Waals surface area contributed by atoms with Crippen molar-refractivity contribution in [1.29, 1.82) is 0 Å². The van der Waals surface area contributed by atoms with Crippen LogP contribution in [-0.4, -0.2) is 82.8 Å². The van der Waals surface area contributed by atoms with Crippen LogP contribution in [0.3, 0.4) is 0 Å². The standard InChI is InChI=1S/C37H39N7O8/c1-20-32(41-42-44(20)28-19-23(50-5)10-12-29(28)51-6)34(47)39-22-16-21(37(2,3)4)17-24(18-22)52-15-14-38-26-9-7-8-25-31(26)36(49)43(35(25)48)27-11-13-30(45)40-33(27)46/h7-10,12,16-19,27,38H,11,13-15H2,1-6H3,(H,39,47)(H,40,45,46). The molecule has 15 heteroatoms. The molecule has 0 saturated carbocycles. The number of ether oxygens (including phenoxy) is 3. The molecule has 0 spiro atoms. The van der Waals surface area contributed by atoms with Gasteiger partial charge in [-0.3, -0.25) is 34.2 Å². The fourth-order valence-corrected chi connectivity index (χ4v) is 6.12. The average Bonchev–Trinajstić information content (AvgIpc) is 3.62. The monoisotopic (exact) mass is 709 g/mol.